The third-order valence-corrected chi connectivity index (χ3v) is 13.3. The first-order chi connectivity index (χ1) is 29.9. The zero-order chi connectivity index (χ0) is 43.4. The summed E-state index contributed by atoms with van der Waals surface area (Å²) in [4.78, 5) is 72.5. The summed E-state index contributed by atoms with van der Waals surface area (Å²) in [6, 6.07) is 12.4. The van der Waals surface area contributed by atoms with Crippen molar-refractivity contribution >= 4 is 45.8 Å². The fraction of sp³-hybridized carbons (Fsp3) is 0.478. The molecule has 2 aromatic heterocycles. The lowest BCUT2D eigenvalue weighted by atomic mass is 9.90. The Hall–Kier alpha value is -6.16. The Balaban J connectivity index is 0.965. The van der Waals surface area contributed by atoms with Gasteiger partial charge in [-0.1, -0.05) is 39.0 Å². The van der Waals surface area contributed by atoms with Crippen molar-refractivity contribution in [1.82, 2.24) is 40.4 Å². The standard InChI is InChI=1S/C46H54N8O8/c1-23(2)38(52-46(59)60-5)44(56)54-25(4)6-11-35(54)41-47-20-34(49-41)28-7-9-30-29(17-28)22-62-37-19-31-27(18-32(30)37)8-10-33-40(31)50-42(48-33)36-16-24(3)21-53(36)43(55)39(51-45(57)58)26-12-14-61-15-13-26/h7-10,17-20,23-26,35-36,38-39,51H,6,11-16,21-22H2,1-5H3,(H,47,49)(H,48,50)(H,52,59)(H,57,58)/t24-,25-,35-,36-,38-,39-/m0/s1. The number of methoxy groups -OCH3 is 1. The third-order valence-electron chi connectivity index (χ3n) is 13.3. The minimum absolute atomic E-state index is 0.0212. The molecule has 0 spiro atoms. The number of aromatic amines is 2. The van der Waals surface area contributed by atoms with Gasteiger partial charge in [0.05, 0.1) is 42.1 Å². The molecule has 3 aromatic carbocycles. The molecule has 16 heteroatoms. The highest BCUT2D eigenvalue weighted by atomic mass is 16.5. The van der Waals surface area contributed by atoms with Gasteiger partial charge in [0, 0.05) is 36.8 Å². The van der Waals surface area contributed by atoms with Gasteiger partial charge in [-0.3, -0.25) is 9.59 Å². The van der Waals surface area contributed by atoms with E-state index in [-0.39, 0.29) is 47.7 Å². The van der Waals surface area contributed by atoms with Crippen LogP contribution in [0.1, 0.15) is 89.1 Å². The number of H-pyrrole nitrogens is 2. The van der Waals surface area contributed by atoms with Gasteiger partial charge in [0.2, 0.25) is 11.8 Å². The molecule has 0 aliphatic carbocycles. The Bertz CT molecular complexity index is 2540. The molecule has 0 saturated carbocycles. The van der Waals surface area contributed by atoms with Gasteiger partial charge in [-0.2, -0.15) is 0 Å². The van der Waals surface area contributed by atoms with Crippen LogP contribution in [0.4, 0.5) is 9.59 Å². The number of aromatic nitrogens is 4. The summed E-state index contributed by atoms with van der Waals surface area (Å²) in [5, 5.41) is 16.9. The number of carbonyl (C=O) groups is 4. The van der Waals surface area contributed by atoms with Crippen LogP contribution >= 0.6 is 0 Å². The molecular weight excluding hydrogens is 793 g/mol. The van der Waals surface area contributed by atoms with Crippen molar-refractivity contribution in [2.75, 3.05) is 26.9 Å². The highest BCUT2D eigenvalue weighted by Crippen LogP contribution is 2.44. The summed E-state index contributed by atoms with van der Waals surface area (Å²) in [6.07, 6.45) is 3.48. The molecule has 9 rings (SSSR count). The molecule has 0 bridgehead atoms. The molecule has 4 amide bonds. The predicted octanol–water partition coefficient (Wildman–Crippen LogP) is 7.07. The Morgan fingerprint density at radius 1 is 0.919 bits per heavy atom. The molecule has 5 aromatic rings. The van der Waals surface area contributed by atoms with Crippen molar-refractivity contribution in [3.63, 3.8) is 0 Å². The number of imidazole rings is 2. The maximum Gasteiger partial charge on any atom is 0.407 e. The summed E-state index contributed by atoms with van der Waals surface area (Å²) in [5.41, 5.74) is 6.50. The molecule has 0 radical (unpaired) electrons. The first-order valence-electron chi connectivity index (χ1n) is 21.7. The third kappa shape index (κ3) is 7.58. The molecule has 3 fully saturated rings. The van der Waals surface area contributed by atoms with Crippen molar-refractivity contribution in [2.24, 2.45) is 17.8 Å². The van der Waals surface area contributed by atoms with Crippen LogP contribution in [0.2, 0.25) is 0 Å². The summed E-state index contributed by atoms with van der Waals surface area (Å²) < 4.78 is 16.7. The van der Waals surface area contributed by atoms with Crippen LogP contribution in [-0.2, 0) is 25.7 Å². The molecule has 3 saturated heterocycles. The van der Waals surface area contributed by atoms with Crippen molar-refractivity contribution in [2.45, 2.75) is 96.6 Å². The van der Waals surface area contributed by atoms with Crippen molar-refractivity contribution < 1.29 is 38.5 Å². The lowest BCUT2D eigenvalue weighted by molar-refractivity contribution is -0.138. The predicted molar refractivity (Wildman–Crippen MR) is 230 cm³/mol. The molecule has 6 heterocycles. The van der Waals surface area contributed by atoms with Gasteiger partial charge >= 0.3 is 12.2 Å². The Kier molecular flexibility index (Phi) is 11.0. The molecule has 5 N–H and O–H groups in total. The lowest BCUT2D eigenvalue weighted by Crippen LogP contribution is -2.53. The monoisotopic (exact) mass is 846 g/mol. The zero-order valence-electron chi connectivity index (χ0n) is 35.7. The average Bonchev–Trinajstić information content (AvgIpc) is 4.09. The fourth-order valence-corrected chi connectivity index (χ4v) is 10.1. The van der Waals surface area contributed by atoms with E-state index in [2.05, 4.69) is 57.9 Å². The molecule has 62 heavy (non-hydrogen) atoms. The number of fused-ring (bicyclic) bond motifs is 6. The molecule has 16 nitrogen and oxygen atoms in total. The van der Waals surface area contributed by atoms with Crippen molar-refractivity contribution in [3.05, 3.63) is 65.9 Å². The summed E-state index contributed by atoms with van der Waals surface area (Å²) in [6.45, 7) is 9.83. The van der Waals surface area contributed by atoms with Crippen LogP contribution < -0.4 is 15.4 Å². The van der Waals surface area contributed by atoms with Gasteiger partial charge in [0.1, 0.15) is 36.1 Å². The second-order valence-electron chi connectivity index (χ2n) is 17.8. The quantitative estimate of drug-likeness (QED) is 0.102. The number of benzene rings is 3. The van der Waals surface area contributed by atoms with E-state index >= 15 is 0 Å². The fourth-order valence-electron chi connectivity index (χ4n) is 10.1. The van der Waals surface area contributed by atoms with E-state index in [9.17, 15) is 24.3 Å². The number of amides is 4. The number of nitrogens with zero attached hydrogens (tertiary/aromatic N) is 4. The Morgan fingerprint density at radius 3 is 2.48 bits per heavy atom. The second-order valence-corrected chi connectivity index (χ2v) is 17.8. The van der Waals surface area contributed by atoms with Crippen LogP contribution in [-0.4, -0.2) is 104 Å². The minimum atomic E-state index is -1.21. The van der Waals surface area contributed by atoms with E-state index in [1.165, 1.54) is 7.11 Å². The highest BCUT2D eigenvalue weighted by Gasteiger charge is 2.43. The smallest absolute Gasteiger partial charge is 0.407 e. The van der Waals surface area contributed by atoms with Gasteiger partial charge < -0.3 is 49.7 Å². The number of rotatable bonds is 9. The summed E-state index contributed by atoms with van der Waals surface area (Å²) in [7, 11) is 1.29. The highest BCUT2D eigenvalue weighted by molar-refractivity contribution is 6.07. The summed E-state index contributed by atoms with van der Waals surface area (Å²) in [5.74, 6) is 1.71. The Labute approximate surface area is 359 Å². The maximum absolute atomic E-state index is 14.1. The van der Waals surface area contributed by atoms with Crippen LogP contribution in [0.25, 0.3) is 44.2 Å². The van der Waals surface area contributed by atoms with Gasteiger partial charge in [0.25, 0.3) is 0 Å². The van der Waals surface area contributed by atoms with Crippen LogP contribution in [0.5, 0.6) is 5.75 Å². The molecule has 4 aliphatic heterocycles. The molecule has 0 unspecified atom stereocenters. The topological polar surface area (TPSA) is 204 Å². The SMILES string of the molecule is COC(=O)N[C@H](C(=O)N1[C@@H](C)CC[C@H]1c1ncc(-c2ccc3c(c2)COc2cc4c(ccc5[nH]c([C@@H]6C[C@H](C)CN6C(=O)[C@@H](NC(=O)O)C6CCOCC6)nc54)cc2-3)[nH]1)C(C)C. The van der Waals surface area contributed by atoms with Crippen LogP contribution in [0, 0.1) is 17.8 Å². The number of hydrogen-bond donors (Lipinski definition) is 5. The van der Waals surface area contributed by atoms with Gasteiger partial charge in [-0.25, -0.2) is 19.6 Å². The molecular formula is C46H54N8O8. The van der Waals surface area contributed by atoms with Gasteiger partial charge in [-0.15, -0.1) is 0 Å². The normalized spacial score (nSPS) is 22.3. The largest absolute Gasteiger partial charge is 0.488 e. The van der Waals surface area contributed by atoms with E-state index < -0.39 is 24.3 Å². The van der Waals surface area contributed by atoms with Crippen molar-refractivity contribution in [3.8, 4) is 28.1 Å². The maximum atomic E-state index is 14.1. The van der Waals surface area contributed by atoms with E-state index in [0.29, 0.717) is 57.3 Å². The minimum Gasteiger partial charge on any atom is -0.488 e. The number of likely N-dealkylation sites (tertiary alicyclic amines) is 2. The second kappa shape index (κ2) is 16.6. The lowest BCUT2D eigenvalue weighted by Gasteiger charge is -2.33. The molecule has 4 aliphatic rings. The zero-order valence-corrected chi connectivity index (χ0v) is 35.7. The van der Waals surface area contributed by atoms with Gasteiger partial charge in [-0.05, 0) is 103 Å². The number of carboxylic acid groups (broad SMARTS) is 1. The van der Waals surface area contributed by atoms with Crippen LogP contribution in [0.15, 0.2) is 48.7 Å². The van der Waals surface area contributed by atoms with E-state index in [1.807, 2.05) is 44.0 Å². The number of carbonyl (C=O) groups excluding carboxylic acids is 3. The first kappa shape index (κ1) is 41.2. The number of ether oxygens (including phenoxy) is 3. The van der Waals surface area contributed by atoms with E-state index in [4.69, 9.17) is 24.2 Å². The summed E-state index contributed by atoms with van der Waals surface area (Å²) >= 11 is 0. The Morgan fingerprint density at radius 2 is 1.73 bits per heavy atom. The molecule has 6 atom stereocenters. The van der Waals surface area contributed by atoms with E-state index in [1.54, 1.807) is 4.90 Å². The van der Waals surface area contributed by atoms with Crippen LogP contribution in [0.3, 0.4) is 0 Å². The number of alkyl carbamates (subject to hydrolysis) is 1. The molecule has 326 valence electrons. The number of nitrogens with one attached hydrogen (secondary N) is 4. The van der Waals surface area contributed by atoms with E-state index in [0.717, 1.165) is 68.3 Å². The first-order valence-corrected chi connectivity index (χ1v) is 21.7. The average molecular weight is 847 g/mol. The van der Waals surface area contributed by atoms with Crippen molar-refractivity contribution in [1.29, 1.82) is 0 Å². The van der Waals surface area contributed by atoms with Gasteiger partial charge in [0.15, 0.2) is 0 Å². The number of hydrogen-bond acceptors (Lipinski definition) is 9.